The van der Waals surface area contributed by atoms with E-state index in [1.54, 1.807) is 6.33 Å². The maximum Gasteiger partial charge on any atom is 0.141 e. The van der Waals surface area contributed by atoms with Gasteiger partial charge in [0.25, 0.3) is 0 Å². The van der Waals surface area contributed by atoms with Crippen molar-refractivity contribution in [1.29, 1.82) is 0 Å². The van der Waals surface area contributed by atoms with Gasteiger partial charge in [-0.2, -0.15) is 0 Å². The smallest absolute Gasteiger partial charge is 0.141 e. The molecule has 1 saturated heterocycles. The summed E-state index contributed by atoms with van der Waals surface area (Å²) < 4.78 is 5.45. The number of anilines is 1. The second kappa shape index (κ2) is 7.40. The lowest BCUT2D eigenvalue weighted by molar-refractivity contribution is -0.0389. The molecule has 0 unspecified atom stereocenters. The average molecular weight is 434 g/mol. The van der Waals surface area contributed by atoms with Crippen molar-refractivity contribution < 1.29 is 9.84 Å². The Morgan fingerprint density at radius 3 is 2.61 bits per heavy atom. The maximum absolute atomic E-state index is 10.6. The van der Waals surface area contributed by atoms with E-state index in [1.807, 2.05) is 6.20 Å². The highest BCUT2D eigenvalue weighted by Crippen LogP contribution is 2.44. The fourth-order valence-electron chi connectivity index (χ4n) is 4.29. The Morgan fingerprint density at radius 2 is 1.87 bits per heavy atom. The van der Waals surface area contributed by atoms with Gasteiger partial charge in [-0.1, -0.05) is 12.1 Å². The Labute approximate surface area is 183 Å². The number of aliphatic hydroxyl groups is 1. The summed E-state index contributed by atoms with van der Waals surface area (Å²) >= 11 is 1.53. The van der Waals surface area contributed by atoms with E-state index < -0.39 is 5.60 Å². The second-order valence-electron chi connectivity index (χ2n) is 8.23. The number of hydrogen-bond donors (Lipinski definition) is 2. The van der Waals surface area contributed by atoms with E-state index in [0.717, 1.165) is 83.4 Å². The summed E-state index contributed by atoms with van der Waals surface area (Å²) in [6.45, 7) is 3.41. The highest BCUT2D eigenvalue weighted by atomic mass is 32.1. The Balaban J connectivity index is 1.32. The predicted molar refractivity (Wildman–Crippen MR) is 121 cm³/mol. The highest BCUT2D eigenvalue weighted by Gasteiger charge is 2.39. The minimum absolute atomic E-state index is 0.749. The van der Waals surface area contributed by atoms with E-state index in [0.29, 0.717) is 0 Å². The first-order valence-corrected chi connectivity index (χ1v) is 11.5. The molecule has 2 N–H and O–H groups in total. The normalized spacial score (nSPS) is 18.3. The van der Waals surface area contributed by atoms with Crippen molar-refractivity contribution in [2.24, 2.45) is 0 Å². The Bertz CT molecular complexity index is 1220. The molecule has 4 aromatic rings. The van der Waals surface area contributed by atoms with Crippen molar-refractivity contribution >= 4 is 28.1 Å². The third-order valence-electron chi connectivity index (χ3n) is 6.30. The Kier molecular flexibility index (Phi) is 4.52. The van der Waals surface area contributed by atoms with Crippen LogP contribution in [0.2, 0.25) is 0 Å². The van der Waals surface area contributed by atoms with Gasteiger partial charge in [-0.25, -0.2) is 15.0 Å². The summed E-state index contributed by atoms with van der Waals surface area (Å²) in [5.41, 5.74) is 4.23. The number of benzene rings is 1. The fraction of sp³-hybridized carbons (Fsp3) is 0.348. The number of ether oxygens (including phenoxy) is 1. The van der Waals surface area contributed by atoms with E-state index in [2.05, 4.69) is 55.2 Å². The number of nitrogens with zero attached hydrogens (tertiary/aromatic N) is 4. The van der Waals surface area contributed by atoms with Crippen LogP contribution in [0.1, 0.15) is 24.3 Å². The van der Waals surface area contributed by atoms with Gasteiger partial charge in [0.15, 0.2) is 0 Å². The van der Waals surface area contributed by atoms with Gasteiger partial charge in [-0.15, -0.1) is 11.3 Å². The monoisotopic (exact) mass is 433 g/mol. The van der Waals surface area contributed by atoms with Gasteiger partial charge in [0.1, 0.15) is 22.6 Å². The summed E-state index contributed by atoms with van der Waals surface area (Å²) in [6.07, 6.45) is 6.02. The summed E-state index contributed by atoms with van der Waals surface area (Å²) in [4.78, 5) is 20.2. The molecule has 1 aromatic carbocycles. The van der Waals surface area contributed by atoms with Gasteiger partial charge >= 0.3 is 0 Å². The van der Waals surface area contributed by atoms with Crippen molar-refractivity contribution in [2.75, 3.05) is 31.2 Å². The van der Waals surface area contributed by atoms with Crippen molar-refractivity contribution in [1.82, 2.24) is 19.9 Å². The first-order chi connectivity index (χ1) is 15.2. The largest absolute Gasteiger partial charge is 0.383 e. The topological polar surface area (TPSA) is 87.2 Å². The summed E-state index contributed by atoms with van der Waals surface area (Å²) in [5, 5.41) is 12.4. The molecule has 0 atom stereocenters. The standard InChI is InChI=1S/C23H23N5O2S/c29-23(6-1-7-23)22-24-13-19(31-22)20-17-12-18(27-21(17)26-14-25-20)15-2-4-16(5-3-15)28-8-10-30-11-9-28/h2-5,12-14,29H,1,6-11H2,(H,25,26,27). The number of rotatable bonds is 4. The molecule has 158 valence electrons. The number of hydrogen-bond acceptors (Lipinski definition) is 7. The molecule has 31 heavy (non-hydrogen) atoms. The Hall–Kier alpha value is -2.81. The van der Waals surface area contributed by atoms with Crippen LogP contribution in [0.25, 0.3) is 32.9 Å². The van der Waals surface area contributed by atoms with Crippen LogP contribution in [-0.2, 0) is 10.3 Å². The molecule has 1 aliphatic heterocycles. The van der Waals surface area contributed by atoms with Crippen LogP contribution < -0.4 is 4.90 Å². The fourth-order valence-corrected chi connectivity index (χ4v) is 5.36. The minimum Gasteiger partial charge on any atom is -0.383 e. The molecule has 3 aromatic heterocycles. The minimum atomic E-state index is -0.749. The molecule has 0 bridgehead atoms. The van der Waals surface area contributed by atoms with Crippen molar-refractivity contribution in [3.05, 3.63) is 47.9 Å². The molecule has 4 heterocycles. The van der Waals surface area contributed by atoms with Gasteiger partial charge in [-0.05, 0) is 43.0 Å². The molecule has 2 fully saturated rings. The first-order valence-electron chi connectivity index (χ1n) is 10.7. The third-order valence-corrected chi connectivity index (χ3v) is 7.50. The van der Waals surface area contributed by atoms with Gasteiger partial charge in [0.05, 0.1) is 23.8 Å². The third kappa shape index (κ3) is 3.31. The predicted octanol–water partition coefficient (Wildman–Crippen LogP) is 3.96. The summed E-state index contributed by atoms with van der Waals surface area (Å²) in [5.74, 6) is 0. The molecule has 0 spiro atoms. The van der Waals surface area contributed by atoms with Gasteiger partial charge in [0.2, 0.25) is 0 Å². The van der Waals surface area contributed by atoms with Gasteiger partial charge in [0, 0.05) is 36.1 Å². The van der Waals surface area contributed by atoms with E-state index in [-0.39, 0.29) is 0 Å². The molecule has 7 nitrogen and oxygen atoms in total. The number of aromatic nitrogens is 4. The molecular formula is C23H23N5O2S. The zero-order valence-corrected chi connectivity index (χ0v) is 17.9. The number of aromatic amines is 1. The van der Waals surface area contributed by atoms with Crippen molar-refractivity contribution in [3.63, 3.8) is 0 Å². The van der Waals surface area contributed by atoms with Crippen molar-refractivity contribution in [3.8, 4) is 21.8 Å². The van der Waals surface area contributed by atoms with Crippen LogP contribution in [-0.4, -0.2) is 51.3 Å². The SMILES string of the molecule is OC1(c2ncc(-c3ncnc4[nH]c(-c5ccc(N6CCOCC6)cc5)cc34)s2)CCC1. The Morgan fingerprint density at radius 1 is 1.06 bits per heavy atom. The average Bonchev–Trinajstić information content (AvgIpc) is 3.46. The van der Waals surface area contributed by atoms with E-state index in [9.17, 15) is 5.11 Å². The summed E-state index contributed by atoms with van der Waals surface area (Å²) in [7, 11) is 0. The van der Waals surface area contributed by atoms with Crippen LogP contribution in [0.3, 0.4) is 0 Å². The molecule has 1 saturated carbocycles. The highest BCUT2D eigenvalue weighted by molar-refractivity contribution is 7.15. The number of morpholine rings is 1. The van der Waals surface area contributed by atoms with Crippen LogP contribution in [0.5, 0.6) is 0 Å². The molecule has 2 aliphatic rings. The zero-order valence-electron chi connectivity index (χ0n) is 17.0. The zero-order chi connectivity index (χ0) is 20.8. The molecule has 1 aliphatic carbocycles. The second-order valence-corrected chi connectivity index (χ2v) is 9.26. The lowest BCUT2D eigenvalue weighted by Crippen LogP contribution is -2.36. The molecule has 8 heteroatoms. The number of nitrogens with one attached hydrogen (secondary N) is 1. The summed E-state index contributed by atoms with van der Waals surface area (Å²) in [6, 6.07) is 10.7. The molecule has 6 rings (SSSR count). The van der Waals surface area contributed by atoms with Crippen LogP contribution in [0.4, 0.5) is 5.69 Å². The molecule has 0 amide bonds. The quantitative estimate of drug-likeness (QED) is 0.507. The molecule has 0 radical (unpaired) electrons. The number of H-pyrrole nitrogens is 1. The van der Waals surface area contributed by atoms with Gasteiger partial charge in [-0.3, -0.25) is 0 Å². The van der Waals surface area contributed by atoms with Crippen LogP contribution >= 0.6 is 11.3 Å². The van der Waals surface area contributed by atoms with Crippen LogP contribution in [0.15, 0.2) is 42.9 Å². The number of fused-ring (bicyclic) bond motifs is 1. The lowest BCUT2D eigenvalue weighted by atomic mass is 9.81. The lowest BCUT2D eigenvalue weighted by Gasteiger charge is -2.34. The number of thiazole rings is 1. The first kappa shape index (κ1) is 18.9. The maximum atomic E-state index is 10.6. The molecular weight excluding hydrogens is 410 g/mol. The van der Waals surface area contributed by atoms with E-state index in [1.165, 1.54) is 17.0 Å². The van der Waals surface area contributed by atoms with Gasteiger partial charge < -0.3 is 19.7 Å². The van der Waals surface area contributed by atoms with E-state index in [4.69, 9.17) is 4.74 Å². The van der Waals surface area contributed by atoms with E-state index >= 15 is 0 Å². The van der Waals surface area contributed by atoms with Crippen molar-refractivity contribution in [2.45, 2.75) is 24.9 Å². The van der Waals surface area contributed by atoms with Crippen LogP contribution in [0, 0.1) is 0 Å².